The van der Waals surface area contributed by atoms with E-state index in [9.17, 15) is 8.78 Å². The molecule has 0 spiro atoms. The summed E-state index contributed by atoms with van der Waals surface area (Å²) in [6, 6.07) is 15.5. The normalized spacial score (nSPS) is 10.9. The number of alkyl halides is 2. The Kier molecular flexibility index (Phi) is 6.78. The highest BCUT2D eigenvalue weighted by molar-refractivity contribution is 14.1. The van der Waals surface area contributed by atoms with Gasteiger partial charge in [0.25, 0.3) is 6.43 Å². The van der Waals surface area contributed by atoms with Crippen LogP contribution >= 0.6 is 34.2 Å². The Balaban J connectivity index is 1.55. The van der Waals surface area contributed by atoms with Gasteiger partial charge < -0.3 is 10.1 Å². The molecule has 1 aromatic heterocycles. The summed E-state index contributed by atoms with van der Waals surface area (Å²) in [5.41, 5.74) is 0.600. The second kappa shape index (κ2) is 9.27. The highest BCUT2D eigenvalue weighted by Gasteiger charge is 2.17. The Bertz CT molecular complexity index is 892. The molecule has 1 N–H and O–H groups in total. The van der Waals surface area contributed by atoms with E-state index in [1.165, 1.54) is 0 Å². The predicted octanol–water partition coefficient (Wildman–Crippen LogP) is 6.12. The number of rotatable bonds is 7. The molecule has 27 heavy (non-hydrogen) atoms. The van der Waals surface area contributed by atoms with Crippen molar-refractivity contribution in [3.05, 3.63) is 74.7 Å². The van der Waals surface area contributed by atoms with E-state index in [-0.39, 0.29) is 10.8 Å². The molecule has 0 atom stereocenters. The Hall–Kier alpha value is -2.00. The van der Waals surface area contributed by atoms with E-state index in [2.05, 4.69) is 37.9 Å². The Labute approximate surface area is 174 Å². The van der Waals surface area contributed by atoms with Crippen LogP contribution in [0.2, 0.25) is 5.02 Å². The minimum Gasteiger partial charge on any atom is -0.457 e. The Morgan fingerprint density at radius 2 is 1.63 bits per heavy atom. The Morgan fingerprint density at radius 1 is 1.00 bits per heavy atom. The first-order valence-electron chi connectivity index (χ1n) is 8.07. The van der Waals surface area contributed by atoms with E-state index in [4.69, 9.17) is 16.3 Å². The molecule has 0 aliphatic heterocycles. The first-order chi connectivity index (χ1) is 13.0. The summed E-state index contributed by atoms with van der Waals surface area (Å²) in [6.07, 6.45) is -0.984. The fraction of sp³-hybridized carbons (Fsp3) is 0.158. The van der Waals surface area contributed by atoms with Crippen LogP contribution in [-0.2, 0) is 6.42 Å². The van der Waals surface area contributed by atoms with Crippen molar-refractivity contribution in [2.24, 2.45) is 0 Å². The van der Waals surface area contributed by atoms with E-state index in [0.717, 1.165) is 27.0 Å². The fourth-order valence-corrected chi connectivity index (χ4v) is 2.95. The number of nitrogens with one attached hydrogen (secondary N) is 1. The number of ether oxygens (including phenoxy) is 1. The van der Waals surface area contributed by atoms with Gasteiger partial charge in [-0.3, -0.25) is 0 Å². The van der Waals surface area contributed by atoms with Crippen LogP contribution in [0.25, 0.3) is 0 Å². The third kappa shape index (κ3) is 5.49. The largest absolute Gasteiger partial charge is 0.457 e. The number of aromatic nitrogens is 2. The maximum Gasteiger partial charge on any atom is 0.282 e. The van der Waals surface area contributed by atoms with Crippen molar-refractivity contribution < 1.29 is 13.5 Å². The summed E-state index contributed by atoms with van der Waals surface area (Å²) in [7, 11) is 0. The third-order valence-electron chi connectivity index (χ3n) is 3.70. The van der Waals surface area contributed by atoms with Gasteiger partial charge in [0.05, 0.1) is 0 Å². The SMILES string of the molecule is FC(F)c1ncnc(NCCc2ccc(Oc3ccc(I)cc3)cc2)c1Cl. The van der Waals surface area contributed by atoms with E-state index >= 15 is 0 Å². The highest BCUT2D eigenvalue weighted by Crippen LogP contribution is 2.29. The molecule has 8 heteroatoms. The summed E-state index contributed by atoms with van der Waals surface area (Å²) in [5, 5.41) is 2.82. The predicted molar refractivity (Wildman–Crippen MR) is 110 cm³/mol. The fourth-order valence-electron chi connectivity index (χ4n) is 2.35. The minimum atomic E-state index is -2.73. The maximum atomic E-state index is 12.8. The lowest BCUT2D eigenvalue weighted by Gasteiger charge is -2.10. The zero-order valence-electron chi connectivity index (χ0n) is 14.0. The van der Waals surface area contributed by atoms with Gasteiger partial charge in [0.1, 0.15) is 34.4 Å². The molecule has 0 unspecified atom stereocenters. The topological polar surface area (TPSA) is 47.0 Å². The molecule has 140 valence electrons. The standard InChI is InChI=1S/C19H15ClF2IN3O/c20-16-17(18(21)22)25-11-26-19(16)24-10-9-12-1-5-14(6-2-12)27-15-7-3-13(23)4-8-15/h1-8,11,18H,9-10H2,(H,24,25,26). The molecular weight excluding hydrogens is 487 g/mol. The van der Waals surface area contributed by atoms with E-state index in [0.29, 0.717) is 13.0 Å². The zero-order valence-corrected chi connectivity index (χ0v) is 16.9. The van der Waals surface area contributed by atoms with Crippen molar-refractivity contribution in [3.63, 3.8) is 0 Å². The minimum absolute atomic E-state index is 0.145. The van der Waals surface area contributed by atoms with Crippen LogP contribution in [0.3, 0.4) is 0 Å². The zero-order chi connectivity index (χ0) is 19.2. The van der Waals surface area contributed by atoms with Crippen LogP contribution in [0.5, 0.6) is 11.5 Å². The molecule has 4 nitrogen and oxygen atoms in total. The van der Waals surface area contributed by atoms with Gasteiger partial charge in [-0.25, -0.2) is 18.7 Å². The van der Waals surface area contributed by atoms with E-state index in [1.807, 2.05) is 48.5 Å². The van der Waals surface area contributed by atoms with Crippen LogP contribution in [-0.4, -0.2) is 16.5 Å². The summed E-state index contributed by atoms with van der Waals surface area (Å²) in [4.78, 5) is 7.42. The third-order valence-corrected chi connectivity index (χ3v) is 4.79. The number of hydrogen-bond donors (Lipinski definition) is 1. The molecule has 0 aliphatic carbocycles. The second-order valence-electron chi connectivity index (χ2n) is 5.60. The smallest absolute Gasteiger partial charge is 0.282 e. The lowest BCUT2D eigenvalue weighted by molar-refractivity contribution is 0.146. The van der Waals surface area contributed by atoms with Gasteiger partial charge >= 0.3 is 0 Å². The van der Waals surface area contributed by atoms with E-state index in [1.54, 1.807) is 0 Å². The first kappa shape index (κ1) is 19.8. The molecule has 0 bridgehead atoms. The molecule has 2 aromatic carbocycles. The van der Waals surface area contributed by atoms with Crippen molar-refractivity contribution >= 4 is 40.0 Å². The molecule has 0 amide bonds. The molecule has 3 aromatic rings. The van der Waals surface area contributed by atoms with Crippen LogP contribution in [0.15, 0.2) is 54.9 Å². The quantitative estimate of drug-likeness (QED) is 0.396. The molecule has 0 saturated heterocycles. The van der Waals surface area contributed by atoms with Gasteiger partial charge in [-0.2, -0.15) is 0 Å². The van der Waals surface area contributed by atoms with Gasteiger partial charge in [0, 0.05) is 10.1 Å². The summed E-state index contributed by atoms with van der Waals surface area (Å²) in [6.45, 7) is 0.497. The van der Waals surface area contributed by atoms with Crippen LogP contribution in [0.1, 0.15) is 17.7 Å². The van der Waals surface area contributed by atoms with Gasteiger partial charge in [-0.05, 0) is 71.0 Å². The van der Waals surface area contributed by atoms with Gasteiger partial charge in [0.2, 0.25) is 0 Å². The maximum absolute atomic E-state index is 12.8. The summed E-state index contributed by atoms with van der Waals surface area (Å²) >= 11 is 8.15. The monoisotopic (exact) mass is 501 g/mol. The number of hydrogen-bond acceptors (Lipinski definition) is 4. The molecule has 0 fully saturated rings. The van der Waals surface area contributed by atoms with Gasteiger partial charge in [-0.1, -0.05) is 23.7 Å². The number of halogens is 4. The highest BCUT2D eigenvalue weighted by atomic mass is 127. The average Bonchev–Trinajstić information content (AvgIpc) is 2.66. The van der Waals surface area contributed by atoms with Gasteiger partial charge in [0.15, 0.2) is 0 Å². The molecule has 0 aliphatic rings. The first-order valence-corrected chi connectivity index (χ1v) is 9.53. The van der Waals surface area contributed by atoms with Crippen molar-refractivity contribution in [3.8, 4) is 11.5 Å². The number of nitrogens with zero attached hydrogens (tertiary/aromatic N) is 2. The Morgan fingerprint density at radius 3 is 2.26 bits per heavy atom. The summed E-state index contributed by atoms with van der Waals surface area (Å²) < 4.78 is 32.5. The summed E-state index contributed by atoms with van der Waals surface area (Å²) in [5.74, 6) is 1.73. The molecular formula is C19H15ClF2IN3O. The second-order valence-corrected chi connectivity index (χ2v) is 7.22. The van der Waals surface area contributed by atoms with Crippen LogP contribution in [0, 0.1) is 3.57 Å². The van der Waals surface area contributed by atoms with Crippen molar-refractivity contribution in [1.29, 1.82) is 0 Å². The van der Waals surface area contributed by atoms with Crippen LogP contribution in [0.4, 0.5) is 14.6 Å². The lowest BCUT2D eigenvalue weighted by atomic mass is 10.1. The van der Waals surface area contributed by atoms with Crippen molar-refractivity contribution in [2.75, 3.05) is 11.9 Å². The van der Waals surface area contributed by atoms with Gasteiger partial charge in [-0.15, -0.1) is 0 Å². The average molecular weight is 502 g/mol. The van der Waals surface area contributed by atoms with Crippen molar-refractivity contribution in [1.82, 2.24) is 9.97 Å². The number of anilines is 1. The van der Waals surface area contributed by atoms with Crippen molar-refractivity contribution in [2.45, 2.75) is 12.8 Å². The lowest BCUT2D eigenvalue weighted by Crippen LogP contribution is -2.08. The molecule has 3 rings (SSSR count). The molecule has 1 heterocycles. The molecule has 0 radical (unpaired) electrons. The van der Waals surface area contributed by atoms with Crippen LogP contribution < -0.4 is 10.1 Å². The molecule has 0 saturated carbocycles. The number of benzene rings is 2. The van der Waals surface area contributed by atoms with E-state index < -0.39 is 12.1 Å².